The molecule has 0 aliphatic carbocycles. The second-order valence-corrected chi connectivity index (χ2v) is 7.60. The third kappa shape index (κ3) is 3.77. The summed E-state index contributed by atoms with van der Waals surface area (Å²) in [6.45, 7) is 1.28. The molecule has 5 nitrogen and oxygen atoms in total. The van der Waals surface area contributed by atoms with Crippen LogP contribution in [0.4, 0.5) is 0 Å². The van der Waals surface area contributed by atoms with E-state index in [1.807, 2.05) is 18.2 Å². The summed E-state index contributed by atoms with van der Waals surface area (Å²) in [6.07, 6.45) is 3.83. The number of pyridine rings is 1. The van der Waals surface area contributed by atoms with Crippen LogP contribution in [0, 0.1) is 0 Å². The Labute approximate surface area is 160 Å². The lowest BCUT2D eigenvalue weighted by atomic mass is 10.2. The van der Waals surface area contributed by atoms with Gasteiger partial charge in [0.15, 0.2) is 5.16 Å². The lowest BCUT2D eigenvalue weighted by Crippen LogP contribution is -2.28. The zero-order chi connectivity index (χ0) is 17.9. The summed E-state index contributed by atoms with van der Waals surface area (Å²) in [4.78, 5) is 22.1. The zero-order valence-electron chi connectivity index (χ0n) is 14.1. The molecular formula is C19H18ClN3O2S. The molecule has 26 heavy (non-hydrogen) atoms. The predicted molar refractivity (Wildman–Crippen MR) is 104 cm³/mol. The average Bonchev–Trinajstić information content (AvgIpc) is 3.16. The fourth-order valence-electron chi connectivity index (χ4n) is 3.06. The molecule has 1 aliphatic rings. The van der Waals surface area contributed by atoms with Gasteiger partial charge in [0, 0.05) is 23.6 Å². The van der Waals surface area contributed by atoms with E-state index in [9.17, 15) is 4.79 Å². The normalized spacial score (nSPS) is 17.0. The fourth-order valence-corrected chi connectivity index (χ4v) is 4.15. The summed E-state index contributed by atoms with van der Waals surface area (Å²) in [5.41, 5.74) is 1.52. The predicted octanol–water partition coefficient (Wildman–Crippen LogP) is 3.92. The average molecular weight is 388 g/mol. The smallest absolute Gasteiger partial charge is 0.262 e. The van der Waals surface area contributed by atoms with Crippen LogP contribution in [0.25, 0.3) is 10.9 Å². The van der Waals surface area contributed by atoms with E-state index in [0.717, 1.165) is 25.1 Å². The third-order valence-corrected chi connectivity index (χ3v) is 5.61. The number of hydrogen-bond acceptors (Lipinski definition) is 5. The van der Waals surface area contributed by atoms with Crippen LogP contribution < -0.4 is 5.56 Å². The highest BCUT2D eigenvalue weighted by Crippen LogP contribution is 2.24. The molecule has 1 aromatic carbocycles. The number of ether oxygens (including phenoxy) is 1. The van der Waals surface area contributed by atoms with E-state index in [1.54, 1.807) is 29.0 Å². The van der Waals surface area contributed by atoms with Gasteiger partial charge in [0.05, 0.1) is 29.2 Å². The Hall–Kier alpha value is -1.89. The summed E-state index contributed by atoms with van der Waals surface area (Å²) in [7, 11) is 0. The fraction of sp³-hybridized carbons (Fsp3) is 0.316. The molecule has 0 radical (unpaired) electrons. The molecule has 2 aromatic heterocycles. The van der Waals surface area contributed by atoms with Crippen LogP contribution in [0.3, 0.4) is 0 Å². The summed E-state index contributed by atoms with van der Waals surface area (Å²) < 4.78 is 7.47. The number of nitrogens with zero attached hydrogens (tertiary/aromatic N) is 3. The highest BCUT2D eigenvalue weighted by atomic mass is 35.5. The number of fused-ring (bicyclic) bond motifs is 1. The van der Waals surface area contributed by atoms with Crippen molar-refractivity contribution in [2.24, 2.45) is 0 Å². The van der Waals surface area contributed by atoms with Crippen LogP contribution >= 0.6 is 23.4 Å². The standard InChI is InChI=1S/C19H18ClN3O2S/c20-13-6-7-16-17(10-13)22-19(26-12-14-4-1-2-8-21-14)23(18(16)24)11-15-5-3-9-25-15/h1-2,4,6-8,10,15H,3,5,9,11-12H2/t15-/m0/s1. The first kappa shape index (κ1) is 17.5. The van der Waals surface area contributed by atoms with Crippen molar-refractivity contribution in [3.63, 3.8) is 0 Å². The van der Waals surface area contributed by atoms with Crippen molar-refractivity contribution >= 4 is 34.3 Å². The zero-order valence-corrected chi connectivity index (χ0v) is 15.7. The molecule has 4 rings (SSSR count). The van der Waals surface area contributed by atoms with Crippen LogP contribution in [0.5, 0.6) is 0 Å². The Morgan fingerprint density at radius 2 is 2.23 bits per heavy atom. The van der Waals surface area contributed by atoms with Gasteiger partial charge in [0.2, 0.25) is 0 Å². The van der Waals surface area contributed by atoms with Crippen LogP contribution in [-0.2, 0) is 17.0 Å². The van der Waals surface area contributed by atoms with Gasteiger partial charge in [-0.3, -0.25) is 14.3 Å². The van der Waals surface area contributed by atoms with E-state index >= 15 is 0 Å². The quantitative estimate of drug-likeness (QED) is 0.490. The van der Waals surface area contributed by atoms with E-state index in [1.165, 1.54) is 11.8 Å². The van der Waals surface area contributed by atoms with Gasteiger partial charge >= 0.3 is 0 Å². The highest BCUT2D eigenvalue weighted by molar-refractivity contribution is 7.98. The number of rotatable bonds is 5. The molecule has 134 valence electrons. The van der Waals surface area contributed by atoms with Gasteiger partial charge in [-0.25, -0.2) is 4.98 Å². The van der Waals surface area contributed by atoms with Crippen molar-refractivity contribution in [3.05, 3.63) is 63.7 Å². The lowest BCUT2D eigenvalue weighted by molar-refractivity contribution is 0.0937. The number of hydrogen-bond donors (Lipinski definition) is 0. The minimum absolute atomic E-state index is 0.0503. The number of halogens is 1. The topological polar surface area (TPSA) is 57.0 Å². The first-order valence-corrected chi connectivity index (χ1v) is 9.91. The van der Waals surface area contributed by atoms with Gasteiger partial charge in [-0.1, -0.05) is 29.4 Å². The molecule has 0 N–H and O–H groups in total. The van der Waals surface area contributed by atoms with Crippen molar-refractivity contribution in [3.8, 4) is 0 Å². The molecule has 0 saturated carbocycles. The first-order chi connectivity index (χ1) is 12.7. The summed E-state index contributed by atoms with van der Waals surface area (Å²) in [6, 6.07) is 11.0. The third-order valence-electron chi connectivity index (χ3n) is 4.37. The first-order valence-electron chi connectivity index (χ1n) is 8.55. The molecule has 1 atom stereocenters. The second kappa shape index (κ2) is 7.78. The Bertz CT molecular complexity index is 972. The molecule has 0 amide bonds. The lowest BCUT2D eigenvalue weighted by Gasteiger charge is -2.16. The summed E-state index contributed by atoms with van der Waals surface area (Å²) in [5.74, 6) is 0.644. The number of aromatic nitrogens is 3. The van der Waals surface area contributed by atoms with Crippen LogP contribution in [0.2, 0.25) is 5.02 Å². The van der Waals surface area contributed by atoms with Gasteiger partial charge in [-0.15, -0.1) is 0 Å². The molecule has 1 fully saturated rings. The highest BCUT2D eigenvalue weighted by Gasteiger charge is 2.20. The van der Waals surface area contributed by atoms with Gasteiger partial charge in [-0.05, 0) is 43.2 Å². The summed E-state index contributed by atoms with van der Waals surface area (Å²) in [5, 5.41) is 1.82. The molecule has 0 spiro atoms. The van der Waals surface area contributed by atoms with Crippen molar-refractivity contribution in [2.45, 2.75) is 36.4 Å². The Balaban J connectivity index is 1.72. The maximum Gasteiger partial charge on any atom is 0.262 e. The van der Waals surface area contributed by atoms with Gasteiger partial charge in [-0.2, -0.15) is 0 Å². The Morgan fingerprint density at radius 1 is 1.31 bits per heavy atom. The van der Waals surface area contributed by atoms with E-state index in [0.29, 0.717) is 33.4 Å². The maximum atomic E-state index is 13.1. The molecule has 0 bridgehead atoms. The van der Waals surface area contributed by atoms with Crippen LogP contribution in [-0.4, -0.2) is 27.2 Å². The SMILES string of the molecule is O=c1c2ccc(Cl)cc2nc(SCc2ccccn2)n1C[C@@H]1CCCO1. The second-order valence-electron chi connectivity index (χ2n) is 6.22. The Kier molecular flexibility index (Phi) is 5.24. The van der Waals surface area contributed by atoms with Crippen molar-refractivity contribution < 1.29 is 4.74 Å². The van der Waals surface area contributed by atoms with E-state index in [-0.39, 0.29) is 11.7 Å². The van der Waals surface area contributed by atoms with Crippen molar-refractivity contribution in [1.82, 2.24) is 14.5 Å². The Morgan fingerprint density at radius 3 is 3.00 bits per heavy atom. The summed E-state index contributed by atoms with van der Waals surface area (Å²) >= 11 is 7.60. The molecule has 0 unspecified atom stereocenters. The van der Waals surface area contributed by atoms with Crippen molar-refractivity contribution in [2.75, 3.05) is 6.61 Å². The monoisotopic (exact) mass is 387 g/mol. The maximum absolute atomic E-state index is 13.1. The van der Waals surface area contributed by atoms with Crippen LogP contribution in [0.15, 0.2) is 52.5 Å². The van der Waals surface area contributed by atoms with E-state index in [2.05, 4.69) is 4.98 Å². The molecule has 1 saturated heterocycles. The van der Waals surface area contributed by atoms with Gasteiger partial charge in [0.1, 0.15) is 0 Å². The molecule has 3 heterocycles. The molecule has 7 heteroatoms. The van der Waals surface area contributed by atoms with Crippen molar-refractivity contribution in [1.29, 1.82) is 0 Å². The number of thioether (sulfide) groups is 1. The molecule has 3 aromatic rings. The van der Waals surface area contributed by atoms with E-state index in [4.69, 9.17) is 21.3 Å². The van der Waals surface area contributed by atoms with Crippen LogP contribution in [0.1, 0.15) is 18.5 Å². The molecule has 1 aliphatic heterocycles. The van der Waals surface area contributed by atoms with E-state index < -0.39 is 0 Å². The minimum Gasteiger partial charge on any atom is -0.376 e. The molecular weight excluding hydrogens is 370 g/mol. The van der Waals surface area contributed by atoms with Gasteiger partial charge in [0.25, 0.3) is 5.56 Å². The minimum atomic E-state index is -0.0503. The van der Waals surface area contributed by atoms with Gasteiger partial charge < -0.3 is 4.74 Å². The number of benzene rings is 1. The largest absolute Gasteiger partial charge is 0.376 e.